The average Bonchev–Trinajstić information content (AvgIpc) is 2.35. The van der Waals surface area contributed by atoms with Crippen molar-refractivity contribution in [3.63, 3.8) is 0 Å². The van der Waals surface area contributed by atoms with Gasteiger partial charge in [-0.25, -0.2) is 0 Å². The molecule has 0 bridgehead atoms. The van der Waals surface area contributed by atoms with Gasteiger partial charge in [0.25, 0.3) is 0 Å². The molecule has 0 rings (SSSR count). The molecule has 17 heavy (non-hydrogen) atoms. The number of carbonyl (C=O) groups is 1. The van der Waals surface area contributed by atoms with Crippen LogP contribution in [0, 0.1) is 5.92 Å². The Bertz CT molecular complexity index is 154. The maximum atomic E-state index is 10.9. The van der Waals surface area contributed by atoms with Crippen molar-refractivity contribution in [2.24, 2.45) is 5.92 Å². The minimum absolute atomic E-state index is 0.345. The van der Waals surface area contributed by atoms with Crippen molar-refractivity contribution in [1.82, 2.24) is 0 Å². The molecule has 1 heteroatoms. The van der Waals surface area contributed by atoms with E-state index in [1.165, 1.54) is 70.5 Å². The Morgan fingerprint density at radius 3 is 1.65 bits per heavy atom. The Hall–Kier alpha value is -0.330. The van der Waals surface area contributed by atoms with Crippen LogP contribution >= 0.6 is 0 Å². The molecular weight excluding hydrogens is 208 g/mol. The monoisotopic (exact) mass is 240 g/mol. The van der Waals surface area contributed by atoms with Crippen LogP contribution in [0.5, 0.6) is 0 Å². The number of carbonyl (C=O) groups excluding carboxylic acids is 1. The zero-order chi connectivity index (χ0) is 12.8. The summed E-state index contributed by atoms with van der Waals surface area (Å²) in [7, 11) is 0. The van der Waals surface area contributed by atoms with Gasteiger partial charge in [-0.05, 0) is 12.8 Å². The number of aldehydes is 1. The lowest BCUT2D eigenvalue weighted by Crippen LogP contribution is -2.02. The summed E-state index contributed by atoms with van der Waals surface area (Å²) in [6.07, 6.45) is 16.6. The van der Waals surface area contributed by atoms with Crippen molar-refractivity contribution in [2.45, 2.75) is 90.9 Å². The molecule has 0 aromatic heterocycles. The zero-order valence-corrected chi connectivity index (χ0v) is 12.0. The minimum atomic E-state index is 0.345. The van der Waals surface area contributed by atoms with Crippen molar-refractivity contribution in [2.75, 3.05) is 0 Å². The lowest BCUT2D eigenvalue weighted by molar-refractivity contribution is -0.111. The van der Waals surface area contributed by atoms with Gasteiger partial charge in [-0.3, -0.25) is 0 Å². The fourth-order valence-electron chi connectivity index (χ4n) is 2.30. The van der Waals surface area contributed by atoms with Crippen LogP contribution in [0.25, 0.3) is 0 Å². The highest BCUT2D eigenvalue weighted by Crippen LogP contribution is 2.16. The molecule has 0 saturated heterocycles. The van der Waals surface area contributed by atoms with Crippen LogP contribution in [-0.2, 0) is 4.79 Å². The molecule has 0 saturated carbocycles. The molecule has 0 aromatic carbocycles. The average molecular weight is 240 g/mol. The molecule has 0 aliphatic heterocycles. The van der Waals surface area contributed by atoms with Gasteiger partial charge in [0.2, 0.25) is 0 Å². The summed E-state index contributed by atoms with van der Waals surface area (Å²) < 4.78 is 0. The summed E-state index contributed by atoms with van der Waals surface area (Å²) in [6.45, 7) is 4.47. The topological polar surface area (TPSA) is 17.1 Å². The standard InChI is InChI=1S/C16H32O/c1-3-5-7-8-9-10-12-14-16(15-17)13-11-6-4-2/h15-16H,3-14H2,1-2H3. The van der Waals surface area contributed by atoms with E-state index in [9.17, 15) is 4.79 Å². The minimum Gasteiger partial charge on any atom is -0.303 e. The summed E-state index contributed by atoms with van der Waals surface area (Å²) in [5, 5.41) is 0. The Balaban J connectivity index is 3.28. The van der Waals surface area contributed by atoms with E-state index in [0.717, 1.165) is 12.8 Å². The summed E-state index contributed by atoms with van der Waals surface area (Å²) in [5.41, 5.74) is 0. The molecule has 0 aliphatic rings. The zero-order valence-electron chi connectivity index (χ0n) is 12.0. The van der Waals surface area contributed by atoms with E-state index in [0.29, 0.717) is 5.92 Å². The van der Waals surface area contributed by atoms with Crippen molar-refractivity contribution in [3.8, 4) is 0 Å². The predicted molar refractivity (Wildman–Crippen MR) is 76.3 cm³/mol. The van der Waals surface area contributed by atoms with Gasteiger partial charge in [-0.1, -0.05) is 78.1 Å². The fourth-order valence-corrected chi connectivity index (χ4v) is 2.30. The van der Waals surface area contributed by atoms with Gasteiger partial charge in [0.05, 0.1) is 0 Å². The third-order valence-electron chi connectivity index (χ3n) is 3.55. The van der Waals surface area contributed by atoms with Crippen LogP contribution in [0.4, 0.5) is 0 Å². The fraction of sp³-hybridized carbons (Fsp3) is 0.938. The van der Waals surface area contributed by atoms with Gasteiger partial charge in [0, 0.05) is 5.92 Å². The number of rotatable bonds is 13. The summed E-state index contributed by atoms with van der Waals surface area (Å²) >= 11 is 0. The van der Waals surface area contributed by atoms with E-state index in [4.69, 9.17) is 0 Å². The van der Waals surface area contributed by atoms with E-state index in [2.05, 4.69) is 13.8 Å². The van der Waals surface area contributed by atoms with Crippen LogP contribution in [0.15, 0.2) is 0 Å². The Labute approximate surface area is 108 Å². The highest BCUT2D eigenvalue weighted by Gasteiger charge is 2.06. The first kappa shape index (κ1) is 16.7. The van der Waals surface area contributed by atoms with Crippen LogP contribution in [0.3, 0.4) is 0 Å². The van der Waals surface area contributed by atoms with Crippen molar-refractivity contribution in [1.29, 1.82) is 0 Å². The quantitative estimate of drug-likeness (QED) is 0.306. The normalized spacial score (nSPS) is 12.6. The maximum Gasteiger partial charge on any atom is 0.123 e. The van der Waals surface area contributed by atoms with Crippen LogP contribution in [-0.4, -0.2) is 6.29 Å². The second kappa shape index (κ2) is 13.7. The first-order valence-electron chi connectivity index (χ1n) is 7.80. The first-order valence-corrected chi connectivity index (χ1v) is 7.80. The highest BCUT2D eigenvalue weighted by atomic mass is 16.1. The van der Waals surface area contributed by atoms with Crippen molar-refractivity contribution in [3.05, 3.63) is 0 Å². The Kier molecular flexibility index (Phi) is 13.5. The van der Waals surface area contributed by atoms with E-state index >= 15 is 0 Å². The predicted octanol–water partition coefficient (Wildman–Crippen LogP) is 5.52. The molecule has 102 valence electrons. The van der Waals surface area contributed by atoms with Crippen LogP contribution in [0.1, 0.15) is 90.9 Å². The van der Waals surface area contributed by atoms with E-state index < -0.39 is 0 Å². The largest absolute Gasteiger partial charge is 0.303 e. The lowest BCUT2D eigenvalue weighted by Gasteiger charge is -2.09. The molecule has 0 N–H and O–H groups in total. The second-order valence-electron chi connectivity index (χ2n) is 5.30. The van der Waals surface area contributed by atoms with Gasteiger partial charge >= 0.3 is 0 Å². The molecule has 0 heterocycles. The molecule has 0 fully saturated rings. The second-order valence-corrected chi connectivity index (χ2v) is 5.30. The Morgan fingerprint density at radius 1 is 0.706 bits per heavy atom. The maximum absolute atomic E-state index is 10.9. The van der Waals surface area contributed by atoms with Gasteiger partial charge in [-0.15, -0.1) is 0 Å². The molecular formula is C16H32O. The summed E-state index contributed by atoms with van der Waals surface area (Å²) in [5.74, 6) is 0.345. The first-order chi connectivity index (χ1) is 8.35. The van der Waals surface area contributed by atoms with Gasteiger partial charge in [0.15, 0.2) is 0 Å². The molecule has 0 radical (unpaired) electrons. The lowest BCUT2D eigenvalue weighted by atomic mass is 9.96. The van der Waals surface area contributed by atoms with Crippen molar-refractivity contribution >= 4 is 6.29 Å². The van der Waals surface area contributed by atoms with E-state index in [-0.39, 0.29) is 0 Å². The van der Waals surface area contributed by atoms with Crippen LogP contribution < -0.4 is 0 Å². The van der Waals surface area contributed by atoms with E-state index in [1.54, 1.807) is 0 Å². The number of unbranched alkanes of at least 4 members (excludes halogenated alkanes) is 8. The SMILES string of the molecule is CCCCCCCCCC(C=O)CCCCC. The number of hydrogen-bond donors (Lipinski definition) is 0. The molecule has 0 aromatic rings. The highest BCUT2D eigenvalue weighted by molar-refractivity contribution is 5.53. The van der Waals surface area contributed by atoms with E-state index in [1.807, 2.05) is 0 Å². The van der Waals surface area contributed by atoms with Gasteiger partial charge < -0.3 is 4.79 Å². The third kappa shape index (κ3) is 11.9. The third-order valence-corrected chi connectivity index (χ3v) is 3.55. The summed E-state index contributed by atoms with van der Waals surface area (Å²) in [6, 6.07) is 0. The smallest absolute Gasteiger partial charge is 0.123 e. The molecule has 0 spiro atoms. The number of hydrogen-bond acceptors (Lipinski definition) is 1. The van der Waals surface area contributed by atoms with Crippen LogP contribution in [0.2, 0.25) is 0 Å². The molecule has 0 aliphatic carbocycles. The molecule has 1 nitrogen and oxygen atoms in total. The van der Waals surface area contributed by atoms with Gasteiger partial charge in [0.1, 0.15) is 6.29 Å². The molecule has 1 atom stereocenters. The molecule has 1 unspecified atom stereocenters. The van der Waals surface area contributed by atoms with Crippen molar-refractivity contribution < 1.29 is 4.79 Å². The molecule has 0 amide bonds. The van der Waals surface area contributed by atoms with Gasteiger partial charge in [-0.2, -0.15) is 0 Å². The Morgan fingerprint density at radius 2 is 1.12 bits per heavy atom. The summed E-state index contributed by atoms with van der Waals surface area (Å²) in [4.78, 5) is 10.9.